The quantitative estimate of drug-likeness (QED) is 0.626. The second-order valence-electron chi connectivity index (χ2n) is 4.54. The van der Waals surface area contributed by atoms with Gasteiger partial charge in [-0.25, -0.2) is 13.4 Å². The second kappa shape index (κ2) is 7.16. The van der Waals surface area contributed by atoms with E-state index in [1.165, 1.54) is 26.4 Å². The first-order valence-electron chi connectivity index (χ1n) is 6.64. The predicted molar refractivity (Wildman–Crippen MR) is 90.4 cm³/mol. The third-order valence-corrected chi connectivity index (χ3v) is 5.18. The zero-order chi connectivity index (χ0) is 17.9. The highest BCUT2D eigenvalue weighted by molar-refractivity contribution is 7.89. The highest BCUT2D eigenvalue weighted by atomic mass is 35.5. The summed E-state index contributed by atoms with van der Waals surface area (Å²) < 4.78 is 36.8. The molecule has 0 amide bonds. The molecule has 1 aliphatic rings. The van der Waals surface area contributed by atoms with Gasteiger partial charge in [-0.1, -0.05) is 23.7 Å². The lowest BCUT2D eigenvalue weighted by Gasteiger charge is -2.30. The zero-order valence-electron chi connectivity index (χ0n) is 13.2. The van der Waals surface area contributed by atoms with Crippen molar-refractivity contribution in [3.63, 3.8) is 0 Å². The molecule has 0 radical (unpaired) electrons. The number of rotatable bonds is 3. The van der Waals surface area contributed by atoms with Gasteiger partial charge >= 0.3 is 0 Å². The minimum absolute atomic E-state index is 0.0432. The molecule has 2 rings (SSSR count). The van der Waals surface area contributed by atoms with E-state index in [1.807, 2.05) is 0 Å². The Morgan fingerprint density at radius 2 is 2.04 bits per heavy atom. The van der Waals surface area contributed by atoms with Crippen molar-refractivity contribution in [3.05, 3.63) is 29.3 Å². The topological polar surface area (TPSA) is 119 Å². The molecule has 0 saturated carbocycles. The average molecular weight is 374 g/mol. The zero-order valence-corrected chi connectivity index (χ0v) is 14.7. The minimum Gasteiger partial charge on any atom is -0.468 e. The Labute approximate surface area is 144 Å². The summed E-state index contributed by atoms with van der Waals surface area (Å²) in [6, 6.07) is 5.71. The number of aliphatic imine (C=N–C) groups is 3. The third-order valence-electron chi connectivity index (χ3n) is 2.96. The number of benzene rings is 1. The number of hydrogen-bond donors (Lipinski definition) is 1. The molecule has 1 atom stereocenters. The Balaban J connectivity index is 2.63. The molecule has 0 saturated heterocycles. The molecule has 0 spiro atoms. The SMILES string of the molecule is COC(N)=NC1=NC(C)=NC(OC)N1S(=O)(=O)c1ccccc1Cl. The Bertz CT molecular complexity index is 821. The van der Waals surface area contributed by atoms with Gasteiger partial charge in [-0.05, 0) is 19.1 Å². The first kappa shape index (κ1) is 18.2. The van der Waals surface area contributed by atoms with Gasteiger partial charge in [-0.2, -0.15) is 14.3 Å². The molecule has 1 aromatic rings. The fourth-order valence-electron chi connectivity index (χ4n) is 1.89. The van der Waals surface area contributed by atoms with Crippen molar-refractivity contribution in [2.24, 2.45) is 20.7 Å². The van der Waals surface area contributed by atoms with E-state index < -0.39 is 16.4 Å². The number of ether oxygens (including phenoxy) is 2. The Hall–Kier alpha value is -2.17. The van der Waals surface area contributed by atoms with Gasteiger partial charge in [0.2, 0.25) is 12.3 Å². The van der Waals surface area contributed by atoms with Gasteiger partial charge in [-0.15, -0.1) is 0 Å². The molecule has 9 nitrogen and oxygen atoms in total. The van der Waals surface area contributed by atoms with E-state index in [1.54, 1.807) is 19.1 Å². The summed E-state index contributed by atoms with van der Waals surface area (Å²) in [4.78, 5) is 11.8. The van der Waals surface area contributed by atoms with Crippen LogP contribution in [0.4, 0.5) is 0 Å². The number of sulfonamides is 1. The third kappa shape index (κ3) is 3.50. The lowest BCUT2D eigenvalue weighted by atomic mass is 10.4. The molecular formula is C13H16ClN5O4S. The summed E-state index contributed by atoms with van der Waals surface area (Å²) in [5, 5.41) is 0.0432. The number of hydrogen-bond acceptors (Lipinski definition) is 7. The van der Waals surface area contributed by atoms with Crippen molar-refractivity contribution in [1.82, 2.24) is 4.31 Å². The van der Waals surface area contributed by atoms with Crippen molar-refractivity contribution in [1.29, 1.82) is 0 Å². The summed E-state index contributed by atoms with van der Waals surface area (Å²) in [5.74, 6) is 0.0312. The van der Waals surface area contributed by atoms with E-state index in [4.69, 9.17) is 26.8 Å². The largest absolute Gasteiger partial charge is 0.468 e. The minimum atomic E-state index is -4.16. The molecule has 1 aromatic carbocycles. The first-order valence-corrected chi connectivity index (χ1v) is 8.46. The molecule has 2 N–H and O–H groups in total. The second-order valence-corrected chi connectivity index (χ2v) is 6.73. The smallest absolute Gasteiger partial charge is 0.289 e. The van der Waals surface area contributed by atoms with Gasteiger partial charge < -0.3 is 15.2 Å². The molecule has 1 heterocycles. The van der Waals surface area contributed by atoms with Crippen LogP contribution < -0.4 is 5.73 Å². The van der Waals surface area contributed by atoms with Gasteiger partial charge in [0.05, 0.1) is 12.1 Å². The summed E-state index contributed by atoms with van der Waals surface area (Å²) in [5.41, 5.74) is 5.53. The lowest BCUT2D eigenvalue weighted by Crippen LogP contribution is -2.47. The number of halogens is 1. The molecular weight excluding hydrogens is 358 g/mol. The van der Waals surface area contributed by atoms with E-state index >= 15 is 0 Å². The number of guanidine groups is 1. The van der Waals surface area contributed by atoms with Crippen LogP contribution in [0.3, 0.4) is 0 Å². The molecule has 0 bridgehead atoms. The van der Waals surface area contributed by atoms with Gasteiger partial charge in [0.1, 0.15) is 10.7 Å². The maximum Gasteiger partial charge on any atom is 0.289 e. The van der Waals surface area contributed by atoms with Crippen molar-refractivity contribution in [2.75, 3.05) is 14.2 Å². The van der Waals surface area contributed by atoms with Crippen LogP contribution in [0, 0.1) is 0 Å². The average Bonchev–Trinajstić information content (AvgIpc) is 2.53. The van der Waals surface area contributed by atoms with Crippen molar-refractivity contribution in [2.45, 2.75) is 18.2 Å². The number of amidine groups is 2. The molecule has 0 aliphatic carbocycles. The molecule has 130 valence electrons. The fourth-order valence-corrected chi connectivity index (χ4v) is 3.76. The maximum absolute atomic E-state index is 13.0. The van der Waals surface area contributed by atoms with Crippen LogP contribution in [0.1, 0.15) is 6.92 Å². The number of nitrogens with zero attached hydrogens (tertiary/aromatic N) is 4. The first-order chi connectivity index (χ1) is 11.3. The van der Waals surface area contributed by atoms with E-state index in [9.17, 15) is 8.42 Å². The highest BCUT2D eigenvalue weighted by Crippen LogP contribution is 2.28. The maximum atomic E-state index is 13.0. The van der Waals surface area contributed by atoms with Gasteiger partial charge in [0.25, 0.3) is 16.0 Å². The predicted octanol–water partition coefficient (Wildman–Crippen LogP) is 1.01. The fraction of sp³-hybridized carbons (Fsp3) is 0.308. The summed E-state index contributed by atoms with van der Waals surface area (Å²) in [6.45, 7) is 1.57. The van der Waals surface area contributed by atoms with Crippen LogP contribution in [0.15, 0.2) is 44.1 Å². The number of nitrogens with two attached hydrogens (primary N) is 1. The van der Waals surface area contributed by atoms with Crippen LogP contribution >= 0.6 is 11.6 Å². The van der Waals surface area contributed by atoms with Crippen LogP contribution in [-0.4, -0.2) is 51.1 Å². The van der Waals surface area contributed by atoms with E-state index in [-0.39, 0.29) is 27.7 Å². The molecule has 1 unspecified atom stereocenters. The van der Waals surface area contributed by atoms with E-state index in [0.717, 1.165) is 4.31 Å². The lowest BCUT2D eigenvalue weighted by molar-refractivity contribution is 0.0506. The molecule has 1 aliphatic heterocycles. The van der Waals surface area contributed by atoms with Crippen molar-refractivity contribution in [3.8, 4) is 0 Å². The molecule has 24 heavy (non-hydrogen) atoms. The summed E-state index contributed by atoms with van der Waals surface area (Å²) >= 11 is 6.02. The molecule has 0 fully saturated rings. The highest BCUT2D eigenvalue weighted by Gasteiger charge is 2.38. The van der Waals surface area contributed by atoms with Crippen LogP contribution in [0.2, 0.25) is 5.02 Å². The van der Waals surface area contributed by atoms with Gasteiger partial charge in [0, 0.05) is 7.11 Å². The standard InChI is InChI=1S/C13H16ClN5O4S/c1-8-16-12(18-11(15)22-2)19(13(17-8)23-3)24(20,21)10-7-5-4-6-9(10)14/h4-7,13H,1-3H3,(H2,15,16,17,18). The van der Waals surface area contributed by atoms with E-state index in [2.05, 4.69) is 15.0 Å². The summed E-state index contributed by atoms with van der Waals surface area (Å²) in [6.07, 6.45) is -1.20. The summed E-state index contributed by atoms with van der Waals surface area (Å²) in [7, 11) is -1.56. The normalized spacial score (nSPS) is 18.9. The number of methoxy groups -OCH3 is 2. The van der Waals surface area contributed by atoms with Gasteiger partial charge in [-0.3, -0.25) is 0 Å². The van der Waals surface area contributed by atoms with Crippen LogP contribution in [-0.2, 0) is 19.5 Å². The van der Waals surface area contributed by atoms with Crippen LogP contribution in [0.5, 0.6) is 0 Å². The van der Waals surface area contributed by atoms with Crippen molar-refractivity contribution >= 4 is 39.4 Å². The van der Waals surface area contributed by atoms with Gasteiger partial charge in [0.15, 0.2) is 0 Å². The Morgan fingerprint density at radius 1 is 1.38 bits per heavy atom. The molecule has 0 aromatic heterocycles. The monoisotopic (exact) mass is 373 g/mol. The Morgan fingerprint density at radius 3 is 2.62 bits per heavy atom. The van der Waals surface area contributed by atoms with Crippen LogP contribution in [0.25, 0.3) is 0 Å². The van der Waals surface area contributed by atoms with E-state index in [0.29, 0.717) is 0 Å². The Kier molecular flexibility index (Phi) is 5.42. The van der Waals surface area contributed by atoms with Crippen molar-refractivity contribution < 1.29 is 17.9 Å². The molecule has 11 heteroatoms.